The lowest BCUT2D eigenvalue weighted by molar-refractivity contribution is -0.131. The van der Waals surface area contributed by atoms with Gasteiger partial charge in [-0.15, -0.1) is 0 Å². The molecule has 0 unspecified atom stereocenters. The Morgan fingerprint density at radius 1 is 0.886 bits per heavy atom. The molecule has 7 rings (SSSR count). The van der Waals surface area contributed by atoms with Crippen molar-refractivity contribution in [3.05, 3.63) is 99.0 Å². The Labute approximate surface area is 264 Å². The average Bonchev–Trinajstić information content (AvgIpc) is 3.36. The maximum Gasteiger partial charge on any atom is 0.241 e. The first-order valence-electron chi connectivity index (χ1n) is 14.1. The van der Waals surface area contributed by atoms with E-state index in [4.69, 9.17) is 11.6 Å². The fourth-order valence-corrected chi connectivity index (χ4v) is 8.28. The van der Waals surface area contributed by atoms with Crippen molar-refractivity contribution in [2.75, 3.05) is 9.80 Å². The number of fused-ring (bicyclic) bond motifs is 4. The van der Waals surface area contributed by atoms with Crippen LogP contribution in [0.1, 0.15) is 31.2 Å². The lowest BCUT2D eigenvalue weighted by Crippen LogP contribution is -2.49. The molecule has 2 heterocycles. The Kier molecular flexibility index (Phi) is 6.60. The smallest absolute Gasteiger partial charge is 0.241 e. The number of hydrogen-bond acceptors (Lipinski definition) is 5. The number of rotatable bonds is 3. The number of allylic oxidation sites excluding steroid dienone is 2. The van der Waals surface area contributed by atoms with Gasteiger partial charge in [0.05, 0.1) is 39.6 Å². The zero-order valence-corrected chi connectivity index (χ0v) is 25.5. The molecule has 4 amide bonds. The third kappa shape index (κ3) is 3.89. The molecule has 3 fully saturated rings. The molecule has 1 N–H and O–H groups in total. The summed E-state index contributed by atoms with van der Waals surface area (Å²) in [5, 5.41) is 10.7. The number of amides is 4. The third-order valence-electron chi connectivity index (χ3n) is 9.85. The van der Waals surface area contributed by atoms with Crippen molar-refractivity contribution < 1.29 is 33.1 Å². The summed E-state index contributed by atoms with van der Waals surface area (Å²) in [6.07, 6.45) is 2.08. The molecule has 4 aliphatic rings. The number of anilines is 2. The first kappa shape index (κ1) is 28.9. The molecule has 3 aromatic rings. The highest BCUT2D eigenvalue weighted by molar-refractivity contribution is 9.10. The van der Waals surface area contributed by atoms with E-state index >= 15 is 0 Å². The van der Waals surface area contributed by atoms with Crippen LogP contribution in [0.15, 0.2) is 76.8 Å². The second-order valence-electron chi connectivity index (χ2n) is 11.9. The van der Waals surface area contributed by atoms with Gasteiger partial charge in [0.1, 0.15) is 5.82 Å². The highest BCUT2D eigenvalue weighted by Crippen LogP contribution is 2.64. The van der Waals surface area contributed by atoms with Gasteiger partial charge in [-0.3, -0.25) is 24.1 Å². The lowest BCUT2D eigenvalue weighted by atomic mass is 9.51. The minimum Gasteiger partial charge on any atom is -0.505 e. The van der Waals surface area contributed by atoms with Crippen LogP contribution in [0.5, 0.6) is 5.75 Å². The van der Waals surface area contributed by atoms with E-state index in [9.17, 15) is 33.1 Å². The molecule has 0 bridgehead atoms. The average molecular weight is 682 g/mol. The Morgan fingerprint density at radius 3 is 2.30 bits per heavy atom. The predicted molar refractivity (Wildman–Crippen MR) is 161 cm³/mol. The second-order valence-corrected chi connectivity index (χ2v) is 13.2. The zero-order valence-electron chi connectivity index (χ0n) is 23.1. The summed E-state index contributed by atoms with van der Waals surface area (Å²) >= 11 is 9.38. The van der Waals surface area contributed by atoms with Gasteiger partial charge in [-0.25, -0.2) is 13.7 Å². The summed E-state index contributed by atoms with van der Waals surface area (Å²) in [6.45, 7) is 1.61. The fraction of sp³-hybridized carbons (Fsp3) is 0.273. The number of para-hydroxylation sites is 1. The van der Waals surface area contributed by atoms with Crippen LogP contribution in [0.4, 0.5) is 20.2 Å². The van der Waals surface area contributed by atoms with Gasteiger partial charge in [-0.05, 0) is 74.2 Å². The number of hydrogen-bond donors (Lipinski definition) is 1. The van der Waals surface area contributed by atoms with Gasteiger partial charge in [-0.1, -0.05) is 51.3 Å². The summed E-state index contributed by atoms with van der Waals surface area (Å²) < 4.78 is 29.6. The van der Waals surface area contributed by atoms with Crippen molar-refractivity contribution in [3.8, 4) is 5.75 Å². The van der Waals surface area contributed by atoms with Crippen molar-refractivity contribution >= 4 is 62.5 Å². The van der Waals surface area contributed by atoms with Crippen molar-refractivity contribution in [3.63, 3.8) is 0 Å². The number of nitrogens with zero attached hydrogens (tertiary/aromatic N) is 2. The molecule has 1 saturated carbocycles. The summed E-state index contributed by atoms with van der Waals surface area (Å²) in [5.74, 6) is -8.40. The van der Waals surface area contributed by atoms with E-state index < -0.39 is 70.1 Å². The van der Waals surface area contributed by atoms with Crippen molar-refractivity contribution in [1.82, 2.24) is 0 Å². The molecule has 2 aliphatic carbocycles. The van der Waals surface area contributed by atoms with Gasteiger partial charge in [0.2, 0.25) is 23.6 Å². The maximum absolute atomic E-state index is 14.8. The summed E-state index contributed by atoms with van der Waals surface area (Å²) in [6, 6.07) is 14.3. The SMILES string of the molecule is C[C@@]12C(=O)N(c3ccc(F)c(Cl)c3)C(=O)[C@@H]1C[C@@H]1C(=CC[C@@H]3C(=O)N(c4ccc(Br)cc4)C(=O)[C@@H]31)[C@@H]2c1cccc(F)c1O. The van der Waals surface area contributed by atoms with E-state index in [1.54, 1.807) is 31.2 Å². The highest BCUT2D eigenvalue weighted by atomic mass is 79.9. The van der Waals surface area contributed by atoms with Gasteiger partial charge < -0.3 is 5.11 Å². The molecule has 0 radical (unpaired) electrons. The minimum atomic E-state index is -1.50. The number of halogens is 4. The van der Waals surface area contributed by atoms with Crippen molar-refractivity contribution in [2.24, 2.45) is 29.1 Å². The van der Waals surface area contributed by atoms with Crippen LogP contribution in [0.25, 0.3) is 0 Å². The number of aromatic hydroxyl groups is 1. The quantitative estimate of drug-likeness (QED) is 0.251. The van der Waals surface area contributed by atoms with Crippen LogP contribution in [0, 0.1) is 40.7 Å². The van der Waals surface area contributed by atoms with Gasteiger partial charge >= 0.3 is 0 Å². The fourth-order valence-electron chi connectivity index (χ4n) is 7.84. The molecular weight excluding hydrogens is 658 g/mol. The minimum absolute atomic E-state index is 0.0687. The highest BCUT2D eigenvalue weighted by Gasteiger charge is 2.68. The molecule has 11 heteroatoms. The first-order valence-corrected chi connectivity index (χ1v) is 15.3. The van der Waals surface area contributed by atoms with E-state index in [1.807, 2.05) is 6.08 Å². The summed E-state index contributed by atoms with van der Waals surface area (Å²) in [7, 11) is 0. The number of imide groups is 2. The maximum atomic E-state index is 14.8. The number of carbonyl (C=O) groups is 4. The van der Waals surface area contributed by atoms with Gasteiger partial charge in [0, 0.05) is 16.0 Å². The zero-order chi connectivity index (χ0) is 31.2. The summed E-state index contributed by atoms with van der Waals surface area (Å²) in [4.78, 5) is 58.4. The van der Waals surface area contributed by atoms with E-state index in [0.717, 1.165) is 21.5 Å². The largest absolute Gasteiger partial charge is 0.505 e. The van der Waals surface area contributed by atoms with E-state index in [0.29, 0.717) is 11.3 Å². The van der Waals surface area contributed by atoms with Crippen LogP contribution in [-0.4, -0.2) is 28.7 Å². The second kappa shape index (κ2) is 10.1. The number of phenolic OH excluding ortho intramolecular Hbond substituents is 1. The topological polar surface area (TPSA) is 95.0 Å². The molecule has 2 saturated heterocycles. The standard InChI is InChI=1S/C33H24BrClF2N2O5/c1-33-22(30(42)39(32(33)44)17-9-12-24(36)23(35)13-17)14-21-18(27(33)20-3-2-4-25(37)28(20)40)10-11-19-26(21)31(43)38(29(19)41)16-7-5-15(34)6-8-16/h2-10,12-13,19,21-22,26-27,40H,11,14H2,1H3/t19-,21+,22-,26-,27+,33+/m0/s1. The Bertz CT molecular complexity index is 1830. The predicted octanol–water partition coefficient (Wildman–Crippen LogP) is 6.52. The molecular formula is C33H24BrClF2N2O5. The van der Waals surface area contributed by atoms with Crippen LogP contribution < -0.4 is 9.80 Å². The monoisotopic (exact) mass is 680 g/mol. The molecule has 0 spiro atoms. The molecule has 6 atom stereocenters. The van der Waals surface area contributed by atoms with Gasteiger partial charge in [0.25, 0.3) is 0 Å². The third-order valence-corrected chi connectivity index (χ3v) is 10.7. The van der Waals surface area contributed by atoms with E-state index in [2.05, 4.69) is 15.9 Å². The Balaban J connectivity index is 1.38. The Morgan fingerprint density at radius 2 is 1.59 bits per heavy atom. The van der Waals surface area contributed by atoms with Crippen LogP contribution >= 0.6 is 27.5 Å². The number of carbonyl (C=O) groups excluding carboxylic acids is 4. The van der Waals surface area contributed by atoms with Crippen LogP contribution in [-0.2, 0) is 19.2 Å². The first-order chi connectivity index (χ1) is 20.9. The van der Waals surface area contributed by atoms with Gasteiger partial charge in [-0.2, -0.15) is 0 Å². The lowest BCUT2D eigenvalue weighted by Gasteiger charge is -2.49. The summed E-state index contributed by atoms with van der Waals surface area (Å²) in [5.41, 5.74) is -0.299. The molecule has 44 heavy (non-hydrogen) atoms. The number of phenols is 1. The molecule has 0 aromatic heterocycles. The van der Waals surface area contributed by atoms with Gasteiger partial charge in [0.15, 0.2) is 11.6 Å². The van der Waals surface area contributed by atoms with Crippen LogP contribution in [0.3, 0.4) is 0 Å². The molecule has 224 valence electrons. The molecule has 2 aliphatic heterocycles. The molecule has 7 nitrogen and oxygen atoms in total. The normalized spacial score (nSPS) is 29.5. The van der Waals surface area contributed by atoms with Crippen LogP contribution in [0.2, 0.25) is 5.02 Å². The van der Waals surface area contributed by atoms with E-state index in [-0.39, 0.29) is 35.0 Å². The van der Waals surface area contributed by atoms with E-state index in [1.165, 1.54) is 29.2 Å². The van der Waals surface area contributed by atoms with Crippen molar-refractivity contribution in [2.45, 2.75) is 25.7 Å². The van der Waals surface area contributed by atoms with Crippen molar-refractivity contribution in [1.29, 1.82) is 0 Å². The Hall–Kier alpha value is -3.89. The number of benzene rings is 3. The molecule has 3 aromatic carbocycles.